The molecule has 0 saturated carbocycles. The molecule has 82 valence electrons. The van der Waals surface area contributed by atoms with E-state index in [-0.39, 0.29) is 0 Å². The molecule has 0 aromatic heterocycles. The summed E-state index contributed by atoms with van der Waals surface area (Å²) in [5.74, 6) is -0.835. The number of hydrogen-bond donors (Lipinski definition) is 1. The van der Waals surface area contributed by atoms with Crippen molar-refractivity contribution >= 4 is 40.9 Å². The van der Waals surface area contributed by atoms with E-state index < -0.39 is 11.2 Å². The fourth-order valence-corrected chi connectivity index (χ4v) is 2.47. The van der Waals surface area contributed by atoms with Gasteiger partial charge in [0.2, 0.25) is 0 Å². The Morgan fingerprint density at radius 2 is 2.20 bits per heavy atom. The zero-order valence-corrected chi connectivity index (χ0v) is 10.4. The Morgan fingerprint density at radius 1 is 1.53 bits per heavy atom. The molecule has 0 radical (unpaired) electrons. The highest BCUT2D eigenvalue weighted by Crippen LogP contribution is 2.33. The highest BCUT2D eigenvalue weighted by molar-refractivity contribution is 8.00. The first-order chi connectivity index (χ1) is 7.04. The number of benzene rings is 1. The molecule has 1 rings (SSSR count). The van der Waals surface area contributed by atoms with Gasteiger partial charge in [-0.3, -0.25) is 4.79 Å². The van der Waals surface area contributed by atoms with E-state index in [1.807, 2.05) is 6.92 Å². The molecule has 2 nitrogen and oxygen atoms in total. The number of halogens is 2. The van der Waals surface area contributed by atoms with Crippen molar-refractivity contribution in [3.8, 4) is 0 Å². The number of carboxylic acids is 1. The van der Waals surface area contributed by atoms with Crippen molar-refractivity contribution in [2.45, 2.75) is 23.5 Å². The number of carboxylic acid groups (broad SMARTS) is 1. The van der Waals surface area contributed by atoms with Crippen LogP contribution in [-0.4, -0.2) is 16.3 Å². The maximum absolute atomic E-state index is 10.8. The summed E-state index contributed by atoms with van der Waals surface area (Å²) in [5.41, 5.74) is 0. The third-order valence-electron chi connectivity index (χ3n) is 1.81. The van der Waals surface area contributed by atoms with Gasteiger partial charge in [0.15, 0.2) is 0 Å². The second-order valence-electron chi connectivity index (χ2n) is 2.93. The Hall–Kier alpha value is -0.380. The lowest BCUT2D eigenvalue weighted by molar-refractivity contribution is -0.136. The normalized spacial score (nSPS) is 12.5. The Bertz CT molecular complexity index is 368. The largest absolute Gasteiger partial charge is 0.480 e. The molecule has 15 heavy (non-hydrogen) atoms. The van der Waals surface area contributed by atoms with Gasteiger partial charge in [0.05, 0.1) is 5.02 Å². The van der Waals surface area contributed by atoms with Crippen LogP contribution in [0.15, 0.2) is 23.1 Å². The van der Waals surface area contributed by atoms with E-state index >= 15 is 0 Å². The van der Waals surface area contributed by atoms with Gasteiger partial charge in [-0.1, -0.05) is 30.1 Å². The fraction of sp³-hybridized carbons (Fsp3) is 0.300. The first-order valence-electron chi connectivity index (χ1n) is 4.39. The van der Waals surface area contributed by atoms with Crippen LogP contribution in [0.2, 0.25) is 10.0 Å². The average Bonchev–Trinajstić information content (AvgIpc) is 2.18. The van der Waals surface area contributed by atoms with Crippen LogP contribution in [0.25, 0.3) is 0 Å². The number of carbonyl (C=O) groups is 1. The predicted octanol–water partition coefficient (Wildman–Crippen LogP) is 3.95. The van der Waals surface area contributed by atoms with Crippen LogP contribution in [0.1, 0.15) is 13.3 Å². The molecule has 1 aromatic carbocycles. The van der Waals surface area contributed by atoms with E-state index in [2.05, 4.69) is 0 Å². The molecular formula is C10H10Cl2O2S. The van der Waals surface area contributed by atoms with Crippen molar-refractivity contribution in [3.05, 3.63) is 28.2 Å². The van der Waals surface area contributed by atoms with E-state index in [0.29, 0.717) is 21.4 Å². The summed E-state index contributed by atoms with van der Waals surface area (Å²) >= 11 is 13.0. The highest BCUT2D eigenvalue weighted by atomic mass is 35.5. The van der Waals surface area contributed by atoms with Crippen molar-refractivity contribution in [2.24, 2.45) is 0 Å². The molecule has 0 bridgehead atoms. The lowest BCUT2D eigenvalue weighted by Crippen LogP contribution is -2.14. The smallest absolute Gasteiger partial charge is 0.316 e. The standard InChI is InChI=1S/C10H10Cl2O2S/c1-2-8(10(13)14)15-9-5-6(11)3-4-7(9)12/h3-5,8H,2H2,1H3,(H,13,14). The monoisotopic (exact) mass is 264 g/mol. The quantitative estimate of drug-likeness (QED) is 0.837. The summed E-state index contributed by atoms with van der Waals surface area (Å²) in [7, 11) is 0. The van der Waals surface area contributed by atoms with Crippen molar-refractivity contribution in [3.63, 3.8) is 0 Å². The number of rotatable bonds is 4. The van der Waals surface area contributed by atoms with Crippen LogP contribution >= 0.6 is 35.0 Å². The molecule has 1 aromatic rings. The van der Waals surface area contributed by atoms with Crippen LogP contribution in [0, 0.1) is 0 Å². The summed E-state index contributed by atoms with van der Waals surface area (Å²) in [6.07, 6.45) is 0.544. The van der Waals surface area contributed by atoms with E-state index in [0.717, 1.165) is 0 Å². The Kier molecular flexibility index (Phi) is 4.77. The van der Waals surface area contributed by atoms with E-state index in [1.54, 1.807) is 18.2 Å². The first-order valence-corrected chi connectivity index (χ1v) is 6.02. The summed E-state index contributed by atoms with van der Waals surface area (Å²) in [4.78, 5) is 11.5. The van der Waals surface area contributed by atoms with Gasteiger partial charge in [0, 0.05) is 9.92 Å². The topological polar surface area (TPSA) is 37.3 Å². The molecular weight excluding hydrogens is 255 g/mol. The summed E-state index contributed by atoms with van der Waals surface area (Å²) in [6, 6.07) is 5.02. The second-order valence-corrected chi connectivity index (χ2v) is 5.02. The minimum Gasteiger partial charge on any atom is -0.480 e. The van der Waals surface area contributed by atoms with E-state index in [9.17, 15) is 4.79 Å². The van der Waals surface area contributed by atoms with Crippen molar-refractivity contribution in [1.82, 2.24) is 0 Å². The minimum absolute atomic E-state index is 0.485. The molecule has 0 spiro atoms. The predicted molar refractivity (Wildman–Crippen MR) is 64.0 cm³/mol. The molecule has 0 aliphatic heterocycles. The van der Waals surface area contributed by atoms with Gasteiger partial charge >= 0.3 is 5.97 Å². The van der Waals surface area contributed by atoms with E-state index in [1.165, 1.54) is 11.8 Å². The Balaban J connectivity index is 2.87. The minimum atomic E-state index is -0.835. The molecule has 5 heteroatoms. The second kappa shape index (κ2) is 5.64. The highest BCUT2D eigenvalue weighted by Gasteiger charge is 2.17. The molecule has 1 atom stereocenters. The van der Waals surface area contributed by atoms with Crippen LogP contribution in [0.5, 0.6) is 0 Å². The Labute approximate surface area is 103 Å². The lowest BCUT2D eigenvalue weighted by Gasteiger charge is -2.10. The number of thioether (sulfide) groups is 1. The van der Waals surface area contributed by atoms with E-state index in [4.69, 9.17) is 28.3 Å². The first kappa shape index (κ1) is 12.7. The van der Waals surface area contributed by atoms with Gasteiger partial charge in [-0.05, 0) is 24.6 Å². The zero-order valence-electron chi connectivity index (χ0n) is 8.04. The zero-order chi connectivity index (χ0) is 11.4. The van der Waals surface area contributed by atoms with Crippen molar-refractivity contribution in [2.75, 3.05) is 0 Å². The maximum Gasteiger partial charge on any atom is 0.316 e. The maximum atomic E-state index is 10.8. The van der Waals surface area contributed by atoms with Gasteiger partial charge in [-0.2, -0.15) is 0 Å². The molecule has 0 amide bonds. The van der Waals surface area contributed by atoms with Gasteiger partial charge in [0.25, 0.3) is 0 Å². The Morgan fingerprint density at radius 3 is 2.73 bits per heavy atom. The third kappa shape index (κ3) is 3.59. The third-order valence-corrected chi connectivity index (χ3v) is 3.90. The summed E-state index contributed by atoms with van der Waals surface area (Å²) in [5, 5.41) is 9.50. The molecule has 1 unspecified atom stereocenters. The SMILES string of the molecule is CCC(Sc1cc(Cl)ccc1Cl)C(=O)O. The average molecular weight is 265 g/mol. The lowest BCUT2D eigenvalue weighted by atomic mass is 10.3. The van der Waals surface area contributed by atoms with Crippen LogP contribution in [-0.2, 0) is 4.79 Å². The molecule has 0 aliphatic carbocycles. The molecule has 0 aliphatic rings. The number of aliphatic carboxylic acids is 1. The van der Waals surface area contributed by atoms with Gasteiger partial charge in [-0.25, -0.2) is 0 Å². The molecule has 0 fully saturated rings. The van der Waals surface area contributed by atoms with Crippen molar-refractivity contribution < 1.29 is 9.90 Å². The summed E-state index contributed by atoms with van der Waals surface area (Å²) in [6.45, 7) is 1.82. The van der Waals surface area contributed by atoms with Crippen molar-refractivity contribution in [1.29, 1.82) is 0 Å². The van der Waals surface area contributed by atoms with Crippen LogP contribution in [0.4, 0.5) is 0 Å². The van der Waals surface area contributed by atoms with Crippen LogP contribution in [0.3, 0.4) is 0 Å². The van der Waals surface area contributed by atoms with Gasteiger partial charge < -0.3 is 5.11 Å². The fourth-order valence-electron chi connectivity index (χ4n) is 1.03. The summed E-state index contributed by atoms with van der Waals surface area (Å²) < 4.78 is 0. The molecule has 0 saturated heterocycles. The molecule has 1 N–H and O–H groups in total. The van der Waals surface area contributed by atoms with Crippen LogP contribution < -0.4 is 0 Å². The van der Waals surface area contributed by atoms with Gasteiger partial charge in [0.1, 0.15) is 5.25 Å². The molecule has 0 heterocycles. The van der Waals surface area contributed by atoms with Gasteiger partial charge in [-0.15, -0.1) is 11.8 Å². The number of hydrogen-bond acceptors (Lipinski definition) is 2.